The first-order valence-electron chi connectivity index (χ1n) is 12.7. The fourth-order valence-electron chi connectivity index (χ4n) is 4.92. The highest BCUT2D eigenvalue weighted by atomic mass is 16.5. The van der Waals surface area contributed by atoms with E-state index in [9.17, 15) is 4.79 Å². The molecule has 5 nitrogen and oxygen atoms in total. The van der Waals surface area contributed by atoms with Crippen molar-refractivity contribution in [3.05, 3.63) is 113 Å². The van der Waals surface area contributed by atoms with Gasteiger partial charge < -0.3 is 14.8 Å². The van der Waals surface area contributed by atoms with Gasteiger partial charge in [0.2, 0.25) is 0 Å². The third kappa shape index (κ3) is 5.68. The molecule has 0 fully saturated rings. The van der Waals surface area contributed by atoms with Gasteiger partial charge in [-0.15, -0.1) is 0 Å². The van der Waals surface area contributed by atoms with Gasteiger partial charge in [-0.1, -0.05) is 60.7 Å². The number of nitrogens with zero attached hydrogens (tertiary/aromatic N) is 1. The van der Waals surface area contributed by atoms with E-state index in [0.29, 0.717) is 5.56 Å². The number of nitrogens with one attached hydrogen (secondary N) is 1. The Balaban J connectivity index is 1.19. The molecule has 0 aliphatic carbocycles. The molecular weight excluding hydrogens is 460 g/mol. The normalized spacial score (nSPS) is 13.0. The first-order chi connectivity index (χ1) is 18.1. The number of carbonyl (C=O) groups excluding carboxylic acids is 1. The lowest BCUT2D eigenvalue weighted by Gasteiger charge is -2.29. The molecule has 0 unspecified atom stereocenters. The van der Waals surface area contributed by atoms with E-state index in [-0.39, 0.29) is 5.91 Å². The molecule has 0 bridgehead atoms. The molecule has 0 spiro atoms. The van der Waals surface area contributed by atoms with E-state index in [2.05, 4.69) is 34.5 Å². The van der Waals surface area contributed by atoms with Crippen LogP contribution in [0.5, 0.6) is 11.5 Å². The monoisotopic (exact) mass is 492 g/mol. The number of anilines is 1. The smallest absolute Gasteiger partial charge is 0.256 e. The van der Waals surface area contributed by atoms with E-state index in [0.717, 1.165) is 60.8 Å². The molecule has 4 aromatic rings. The van der Waals surface area contributed by atoms with E-state index in [4.69, 9.17) is 9.47 Å². The van der Waals surface area contributed by atoms with Crippen molar-refractivity contribution < 1.29 is 14.3 Å². The van der Waals surface area contributed by atoms with Crippen molar-refractivity contribution in [2.75, 3.05) is 32.6 Å². The summed E-state index contributed by atoms with van der Waals surface area (Å²) in [7, 11) is 3.36. The molecule has 0 saturated heterocycles. The summed E-state index contributed by atoms with van der Waals surface area (Å²) in [6.45, 7) is 2.91. The van der Waals surface area contributed by atoms with E-state index in [1.807, 2.05) is 66.7 Å². The maximum absolute atomic E-state index is 13.1. The third-order valence-corrected chi connectivity index (χ3v) is 6.98. The second-order valence-electron chi connectivity index (χ2n) is 9.31. The van der Waals surface area contributed by atoms with Crippen molar-refractivity contribution in [2.45, 2.75) is 19.4 Å². The average Bonchev–Trinajstić information content (AvgIpc) is 2.96. The SMILES string of the molecule is COc1cc2c(cc1OC)CN(CCc1ccc(NC(=O)c3ccccc3-c3ccccc3)cc1)CC2. The van der Waals surface area contributed by atoms with Crippen LogP contribution in [0.1, 0.15) is 27.0 Å². The van der Waals surface area contributed by atoms with Crippen LogP contribution in [0.3, 0.4) is 0 Å². The molecule has 1 aliphatic heterocycles. The van der Waals surface area contributed by atoms with Crippen LogP contribution < -0.4 is 14.8 Å². The van der Waals surface area contributed by atoms with Crippen LogP contribution in [-0.4, -0.2) is 38.1 Å². The molecule has 188 valence electrons. The van der Waals surface area contributed by atoms with Crippen molar-refractivity contribution in [1.29, 1.82) is 0 Å². The first kappa shape index (κ1) is 24.6. The van der Waals surface area contributed by atoms with Gasteiger partial charge in [0.1, 0.15) is 0 Å². The topological polar surface area (TPSA) is 50.8 Å². The Morgan fingerprint density at radius 3 is 2.24 bits per heavy atom. The van der Waals surface area contributed by atoms with Crippen molar-refractivity contribution in [3.63, 3.8) is 0 Å². The van der Waals surface area contributed by atoms with Gasteiger partial charge in [0.15, 0.2) is 11.5 Å². The Hall–Kier alpha value is -4.09. The zero-order valence-corrected chi connectivity index (χ0v) is 21.4. The summed E-state index contributed by atoms with van der Waals surface area (Å²) < 4.78 is 10.9. The number of amides is 1. The van der Waals surface area contributed by atoms with Crippen molar-refractivity contribution in [3.8, 4) is 22.6 Å². The predicted octanol–water partition coefficient (Wildman–Crippen LogP) is 6.22. The number of carbonyl (C=O) groups is 1. The minimum Gasteiger partial charge on any atom is -0.493 e. The maximum Gasteiger partial charge on any atom is 0.256 e. The van der Waals surface area contributed by atoms with Crippen molar-refractivity contribution in [1.82, 2.24) is 4.90 Å². The predicted molar refractivity (Wildman–Crippen MR) is 149 cm³/mol. The molecule has 0 aromatic heterocycles. The second kappa shape index (κ2) is 11.3. The van der Waals surface area contributed by atoms with E-state index in [1.54, 1.807) is 14.2 Å². The molecule has 1 heterocycles. The second-order valence-corrected chi connectivity index (χ2v) is 9.31. The zero-order chi connectivity index (χ0) is 25.6. The van der Waals surface area contributed by atoms with Crippen LogP contribution in [0.15, 0.2) is 91.0 Å². The van der Waals surface area contributed by atoms with Gasteiger partial charge in [0, 0.05) is 30.9 Å². The number of benzene rings is 4. The van der Waals surface area contributed by atoms with Crippen LogP contribution in [0.25, 0.3) is 11.1 Å². The number of ether oxygens (including phenoxy) is 2. The highest BCUT2D eigenvalue weighted by Gasteiger charge is 2.19. The van der Waals surface area contributed by atoms with Crippen LogP contribution in [0.4, 0.5) is 5.69 Å². The summed E-state index contributed by atoms with van der Waals surface area (Å²) in [5, 5.41) is 3.06. The van der Waals surface area contributed by atoms with Gasteiger partial charge in [0.05, 0.1) is 14.2 Å². The van der Waals surface area contributed by atoms with Gasteiger partial charge in [-0.2, -0.15) is 0 Å². The first-order valence-corrected chi connectivity index (χ1v) is 12.7. The molecule has 4 aromatic carbocycles. The molecule has 1 aliphatic rings. The summed E-state index contributed by atoms with van der Waals surface area (Å²) in [5.74, 6) is 1.48. The van der Waals surface area contributed by atoms with Gasteiger partial charge >= 0.3 is 0 Å². The lowest BCUT2D eigenvalue weighted by molar-refractivity contribution is 0.102. The summed E-state index contributed by atoms with van der Waals surface area (Å²) in [5.41, 5.74) is 7.31. The Morgan fingerprint density at radius 2 is 1.51 bits per heavy atom. The third-order valence-electron chi connectivity index (χ3n) is 6.98. The molecule has 0 radical (unpaired) electrons. The van der Waals surface area contributed by atoms with Crippen LogP contribution >= 0.6 is 0 Å². The number of methoxy groups -OCH3 is 2. The van der Waals surface area contributed by atoms with Crippen LogP contribution in [0, 0.1) is 0 Å². The molecule has 5 rings (SSSR count). The van der Waals surface area contributed by atoms with Crippen LogP contribution in [0.2, 0.25) is 0 Å². The highest BCUT2D eigenvalue weighted by Crippen LogP contribution is 2.33. The molecule has 0 atom stereocenters. The molecule has 5 heteroatoms. The summed E-state index contributed by atoms with van der Waals surface area (Å²) in [6, 6.07) is 30.1. The van der Waals surface area contributed by atoms with E-state index in [1.165, 1.54) is 16.7 Å². The van der Waals surface area contributed by atoms with E-state index < -0.39 is 0 Å². The highest BCUT2D eigenvalue weighted by molar-refractivity contribution is 6.08. The average molecular weight is 493 g/mol. The summed E-state index contributed by atoms with van der Waals surface area (Å²) in [6.07, 6.45) is 1.96. The lowest BCUT2D eigenvalue weighted by Crippen LogP contribution is -2.32. The minimum absolute atomic E-state index is 0.105. The largest absolute Gasteiger partial charge is 0.493 e. The van der Waals surface area contributed by atoms with Gasteiger partial charge in [-0.3, -0.25) is 9.69 Å². The number of fused-ring (bicyclic) bond motifs is 1. The Kier molecular flexibility index (Phi) is 7.52. The van der Waals surface area contributed by atoms with Crippen molar-refractivity contribution >= 4 is 11.6 Å². The molecule has 37 heavy (non-hydrogen) atoms. The molecule has 1 amide bonds. The Morgan fingerprint density at radius 1 is 0.838 bits per heavy atom. The Labute approximate surface area is 218 Å². The molecular formula is C32H32N2O3. The molecule has 0 saturated carbocycles. The van der Waals surface area contributed by atoms with E-state index >= 15 is 0 Å². The minimum atomic E-state index is -0.105. The number of hydrogen-bond donors (Lipinski definition) is 1. The van der Waals surface area contributed by atoms with Crippen LogP contribution in [-0.2, 0) is 19.4 Å². The van der Waals surface area contributed by atoms with Gasteiger partial charge in [0.25, 0.3) is 5.91 Å². The number of rotatable bonds is 8. The summed E-state index contributed by atoms with van der Waals surface area (Å²) >= 11 is 0. The molecule has 1 N–H and O–H groups in total. The maximum atomic E-state index is 13.1. The lowest BCUT2D eigenvalue weighted by atomic mass is 9.98. The van der Waals surface area contributed by atoms with Gasteiger partial charge in [-0.05, 0) is 71.0 Å². The van der Waals surface area contributed by atoms with Gasteiger partial charge in [-0.25, -0.2) is 0 Å². The quantitative estimate of drug-likeness (QED) is 0.317. The zero-order valence-electron chi connectivity index (χ0n) is 21.4. The number of hydrogen-bond acceptors (Lipinski definition) is 4. The fourth-order valence-corrected chi connectivity index (χ4v) is 4.92. The standard InChI is InChI=1S/C32H32N2O3/c1-36-30-20-25-17-19-34(22-26(25)21-31(30)37-2)18-16-23-12-14-27(15-13-23)33-32(35)29-11-7-6-10-28(29)24-8-4-3-5-9-24/h3-15,20-21H,16-19,22H2,1-2H3,(H,33,35). The summed E-state index contributed by atoms with van der Waals surface area (Å²) in [4.78, 5) is 15.6. The Bertz CT molecular complexity index is 1370. The van der Waals surface area contributed by atoms with Crippen molar-refractivity contribution in [2.24, 2.45) is 0 Å². The fraction of sp³-hybridized carbons (Fsp3) is 0.219.